The largest absolute Gasteiger partial charge is 0.494 e. The third kappa shape index (κ3) is 3.40. The minimum absolute atomic E-state index is 0.152. The molecule has 0 bridgehead atoms. The lowest BCUT2D eigenvalue weighted by molar-refractivity contribution is 0.0706. The highest BCUT2D eigenvalue weighted by atomic mass is 16.6. The number of benzene rings is 1. The van der Waals surface area contributed by atoms with Gasteiger partial charge in [0.1, 0.15) is 0 Å². The molecule has 19 heavy (non-hydrogen) atoms. The van der Waals surface area contributed by atoms with Gasteiger partial charge in [-0.25, -0.2) is 0 Å². The van der Waals surface area contributed by atoms with Gasteiger partial charge in [-0.1, -0.05) is 25.1 Å². The molecule has 0 saturated carbocycles. The predicted octanol–water partition coefficient (Wildman–Crippen LogP) is 3.11. The Hall–Kier alpha value is -0.795. The van der Waals surface area contributed by atoms with Crippen LogP contribution in [0, 0.1) is 0 Å². The molecule has 2 rings (SSSR count). The van der Waals surface area contributed by atoms with Crippen molar-refractivity contribution < 1.29 is 9.31 Å². The van der Waals surface area contributed by atoms with Crippen LogP contribution in [0.1, 0.15) is 51.7 Å². The van der Waals surface area contributed by atoms with Gasteiger partial charge in [0.2, 0.25) is 0 Å². The maximum Gasteiger partial charge on any atom is 0.494 e. The summed E-state index contributed by atoms with van der Waals surface area (Å²) >= 11 is 0. The van der Waals surface area contributed by atoms with Crippen LogP contribution in [0.5, 0.6) is 0 Å². The topological polar surface area (TPSA) is 18.5 Å². The summed E-state index contributed by atoms with van der Waals surface area (Å²) in [5.41, 5.74) is 4.01. The quantitative estimate of drug-likeness (QED) is 0.732. The van der Waals surface area contributed by atoms with Crippen LogP contribution in [0.3, 0.4) is 0 Å². The standard InChI is InChI=1S/C16H25BO2/c1-5-16(3,4)19-17(18-6-2)15-12-8-10-13-9-7-11-14(13)15/h8,10,12H,5-7,9,11H2,1-4H3. The van der Waals surface area contributed by atoms with E-state index in [2.05, 4.69) is 39.0 Å². The molecule has 0 aromatic heterocycles. The van der Waals surface area contributed by atoms with Crippen molar-refractivity contribution in [1.29, 1.82) is 0 Å². The monoisotopic (exact) mass is 260 g/mol. The van der Waals surface area contributed by atoms with Crippen molar-refractivity contribution in [2.24, 2.45) is 0 Å². The summed E-state index contributed by atoms with van der Waals surface area (Å²) in [6.07, 6.45) is 4.58. The molecule has 0 heterocycles. The second-order valence-corrected chi connectivity index (χ2v) is 5.86. The van der Waals surface area contributed by atoms with E-state index in [1.54, 1.807) is 0 Å². The highest BCUT2D eigenvalue weighted by molar-refractivity contribution is 6.62. The van der Waals surface area contributed by atoms with Gasteiger partial charge >= 0.3 is 7.12 Å². The molecule has 0 unspecified atom stereocenters. The fourth-order valence-corrected chi connectivity index (χ4v) is 2.58. The van der Waals surface area contributed by atoms with Gasteiger partial charge in [-0.2, -0.15) is 0 Å². The summed E-state index contributed by atoms with van der Waals surface area (Å²) in [6.45, 7) is 9.11. The van der Waals surface area contributed by atoms with E-state index in [0.29, 0.717) is 6.61 Å². The fourth-order valence-electron chi connectivity index (χ4n) is 2.58. The molecule has 1 aromatic rings. The van der Waals surface area contributed by atoms with Crippen molar-refractivity contribution in [3.05, 3.63) is 29.3 Å². The smallest absolute Gasteiger partial charge is 0.408 e. The summed E-state index contributed by atoms with van der Waals surface area (Å²) in [5, 5.41) is 0. The van der Waals surface area contributed by atoms with Crippen molar-refractivity contribution >= 4 is 12.6 Å². The Labute approximate surface area is 117 Å². The third-order valence-electron chi connectivity index (χ3n) is 4.03. The van der Waals surface area contributed by atoms with Gasteiger partial charge in [-0.05, 0) is 63.0 Å². The van der Waals surface area contributed by atoms with Crippen LogP contribution >= 0.6 is 0 Å². The van der Waals surface area contributed by atoms with Crippen LogP contribution in [-0.4, -0.2) is 19.3 Å². The van der Waals surface area contributed by atoms with Crippen LogP contribution < -0.4 is 5.46 Å². The molecule has 1 aromatic carbocycles. The van der Waals surface area contributed by atoms with Crippen LogP contribution in [0.4, 0.5) is 0 Å². The summed E-state index contributed by atoms with van der Waals surface area (Å²) in [7, 11) is -0.229. The molecule has 3 heteroatoms. The Bertz CT molecular complexity index is 429. The Morgan fingerprint density at radius 1 is 1.21 bits per heavy atom. The maximum absolute atomic E-state index is 6.22. The van der Waals surface area contributed by atoms with Crippen molar-refractivity contribution in [2.45, 2.75) is 59.0 Å². The van der Waals surface area contributed by atoms with Gasteiger partial charge in [-0.3, -0.25) is 0 Å². The van der Waals surface area contributed by atoms with E-state index >= 15 is 0 Å². The zero-order valence-electron chi connectivity index (χ0n) is 12.7. The van der Waals surface area contributed by atoms with E-state index in [0.717, 1.165) is 12.8 Å². The Morgan fingerprint density at radius 3 is 2.68 bits per heavy atom. The molecule has 0 atom stereocenters. The molecule has 0 fully saturated rings. The number of aryl methyl sites for hydroxylation is 1. The van der Waals surface area contributed by atoms with Crippen LogP contribution in [0.15, 0.2) is 18.2 Å². The molecule has 0 radical (unpaired) electrons. The third-order valence-corrected chi connectivity index (χ3v) is 4.03. The highest BCUT2D eigenvalue weighted by Gasteiger charge is 2.32. The first-order chi connectivity index (χ1) is 9.07. The summed E-state index contributed by atoms with van der Waals surface area (Å²) in [5.74, 6) is 0. The predicted molar refractivity (Wildman–Crippen MR) is 80.9 cm³/mol. The lowest BCUT2D eigenvalue weighted by atomic mass is 9.73. The van der Waals surface area contributed by atoms with E-state index in [-0.39, 0.29) is 12.7 Å². The second kappa shape index (κ2) is 6.10. The van der Waals surface area contributed by atoms with Crippen LogP contribution in [-0.2, 0) is 22.2 Å². The second-order valence-electron chi connectivity index (χ2n) is 5.86. The molecular formula is C16H25BO2. The Balaban J connectivity index is 2.27. The van der Waals surface area contributed by atoms with Gasteiger partial charge in [0.05, 0.1) is 0 Å². The zero-order chi connectivity index (χ0) is 13.9. The number of fused-ring (bicyclic) bond motifs is 1. The Morgan fingerprint density at radius 2 is 2.00 bits per heavy atom. The highest BCUT2D eigenvalue weighted by Crippen LogP contribution is 2.22. The molecule has 0 saturated heterocycles. The molecule has 1 aliphatic carbocycles. The molecule has 0 amide bonds. The molecule has 104 valence electrons. The van der Waals surface area contributed by atoms with Crippen molar-refractivity contribution in [3.8, 4) is 0 Å². The zero-order valence-corrected chi connectivity index (χ0v) is 12.7. The lowest BCUT2D eigenvalue weighted by Crippen LogP contribution is -2.45. The fraction of sp³-hybridized carbons (Fsp3) is 0.625. The maximum atomic E-state index is 6.22. The van der Waals surface area contributed by atoms with Crippen molar-refractivity contribution in [3.63, 3.8) is 0 Å². The molecule has 0 aliphatic heterocycles. The average Bonchev–Trinajstić information content (AvgIpc) is 2.86. The summed E-state index contributed by atoms with van der Waals surface area (Å²) < 4.78 is 12.1. The minimum atomic E-state index is -0.229. The van der Waals surface area contributed by atoms with E-state index in [1.165, 1.54) is 29.4 Å². The lowest BCUT2D eigenvalue weighted by Gasteiger charge is -2.29. The van der Waals surface area contributed by atoms with E-state index in [1.807, 2.05) is 6.92 Å². The van der Waals surface area contributed by atoms with E-state index < -0.39 is 0 Å². The molecule has 0 spiro atoms. The SMILES string of the molecule is CCOB(OC(C)(C)CC)c1cccc2c1CCC2. The van der Waals surface area contributed by atoms with Gasteiger partial charge < -0.3 is 9.31 Å². The molecule has 2 nitrogen and oxygen atoms in total. The van der Waals surface area contributed by atoms with Gasteiger partial charge in [0.15, 0.2) is 0 Å². The van der Waals surface area contributed by atoms with Crippen molar-refractivity contribution in [1.82, 2.24) is 0 Å². The van der Waals surface area contributed by atoms with Crippen molar-refractivity contribution in [2.75, 3.05) is 6.61 Å². The van der Waals surface area contributed by atoms with Crippen LogP contribution in [0.25, 0.3) is 0 Å². The number of hydrogen-bond acceptors (Lipinski definition) is 2. The van der Waals surface area contributed by atoms with Gasteiger partial charge in [-0.15, -0.1) is 0 Å². The number of rotatable bonds is 6. The minimum Gasteiger partial charge on any atom is -0.408 e. The molecular weight excluding hydrogens is 235 g/mol. The van der Waals surface area contributed by atoms with E-state index in [9.17, 15) is 0 Å². The first kappa shape index (κ1) is 14.6. The molecule has 1 aliphatic rings. The first-order valence-corrected chi connectivity index (χ1v) is 7.47. The normalized spacial score (nSPS) is 14.5. The van der Waals surface area contributed by atoms with E-state index in [4.69, 9.17) is 9.31 Å². The average molecular weight is 260 g/mol. The summed E-state index contributed by atoms with van der Waals surface area (Å²) in [4.78, 5) is 0. The van der Waals surface area contributed by atoms with Gasteiger partial charge in [0, 0.05) is 12.2 Å². The summed E-state index contributed by atoms with van der Waals surface area (Å²) in [6, 6.07) is 6.53. The Kier molecular flexibility index (Phi) is 4.69. The first-order valence-electron chi connectivity index (χ1n) is 7.47. The number of hydrogen-bond donors (Lipinski definition) is 0. The van der Waals surface area contributed by atoms with Crippen LogP contribution in [0.2, 0.25) is 0 Å². The van der Waals surface area contributed by atoms with Gasteiger partial charge in [0.25, 0.3) is 0 Å². The molecule has 0 N–H and O–H groups in total.